The number of hydrogen-bond donors (Lipinski definition) is 2. The molecular formula is C6H6AgN2O3. The molecule has 5 nitrogen and oxygen atoms in total. The minimum atomic E-state index is 0. The quantitative estimate of drug-likeness (QED) is 0.359. The number of nitrogens with zero attached hydrogens (tertiary/aromatic N) is 2. The van der Waals surface area contributed by atoms with Crippen LogP contribution in [0.4, 0.5) is 0 Å². The van der Waals surface area contributed by atoms with Crippen LogP contribution in [0.5, 0.6) is 0 Å². The molecule has 0 aliphatic carbocycles. The van der Waals surface area contributed by atoms with Gasteiger partial charge in [0.15, 0.2) is 0 Å². The van der Waals surface area contributed by atoms with E-state index in [0.717, 1.165) is 12.4 Å². The van der Waals surface area contributed by atoms with E-state index in [1.807, 2.05) is 0 Å². The van der Waals surface area contributed by atoms with Crippen LogP contribution in [0.1, 0.15) is 11.5 Å². The summed E-state index contributed by atoms with van der Waals surface area (Å²) in [5, 5.41) is 21.7. The van der Waals surface area contributed by atoms with Crippen LogP contribution in [0.15, 0.2) is 26.9 Å². The molecule has 69 valence electrons. The zero-order chi connectivity index (χ0) is 8.10. The van der Waals surface area contributed by atoms with Crippen molar-refractivity contribution in [1.82, 2.24) is 0 Å². The molecule has 0 unspecified atom stereocenters. The maximum Gasteiger partial charge on any atom is 0.149 e. The van der Waals surface area contributed by atoms with Gasteiger partial charge in [0.2, 0.25) is 0 Å². The van der Waals surface area contributed by atoms with Gasteiger partial charge in [0.1, 0.15) is 23.9 Å². The molecule has 0 aliphatic heterocycles. The first-order valence-corrected chi connectivity index (χ1v) is 2.81. The smallest absolute Gasteiger partial charge is 0.149 e. The van der Waals surface area contributed by atoms with Crippen LogP contribution in [0, 0.1) is 0 Å². The van der Waals surface area contributed by atoms with Crippen LogP contribution in [0.3, 0.4) is 0 Å². The molecule has 0 fully saturated rings. The Morgan fingerprint density at radius 3 is 1.83 bits per heavy atom. The van der Waals surface area contributed by atoms with Gasteiger partial charge in [-0.25, -0.2) is 0 Å². The molecule has 0 aromatic carbocycles. The van der Waals surface area contributed by atoms with Crippen molar-refractivity contribution < 1.29 is 37.2 Å². The Labute approximate surface area is 83.9 Å². The van der Waals surface area contributed by atoms with E-state index in [-0.39, 0.29) is 22.4 Å². The van der Waals surface area contributed by atoms with Crippen LogP contribution >= 0.6 is 0 Å². The fourth-order valence-electron chi connectivity index (χ4n) is 0.621. The van der Waals surface area contributed by atoms with Crippen LogP contribution in [-0.4, -0.2) is 22.8 Å². The van der Waals surface area contributed by atoms with E-state index in [2.05, 4.69) is 10.3 Å². The van der Waals surface area contributed by atoms with E-state index < -0.39 is 0 Å². The standard InChI is InChI=1S/C6H6N2O3.Ag/c9-7-3-5-1-2-6(11-5)4-8-10;/h1-4,9-10H;. The Bertz CT molecular complexity index is 256. The molecule has 0 spiro atoms. The summed E-state index contributed by atoms with van der Waals surface area (Å²) in [6.07, 6.45) is 2.27. The predicted molar refractivity (Wildman–Crippen MR) is 37.5 cm³/mol. The van der Waals surface area contributed by atoms with Crippen LogP contribution in [0.2, 0.25) is 0 Å². The maximum atomic E-state index is 8.09. The third-order valence-corrected chi connectivity index (χ3v) is 1.02. The van der Waals surface area contributed by atoms with Crippen LogP contribution in [0.25, 0.3) is 0 Å². The fourth-order valence-corrected chi connectivity index (χ4v) is 0.621. The van der Waals surface area contributed by atoms with Gasteiger partial charge in [-0.3, -0.25) is 0 Å². The monoisotopic (exact) mass is 261 g/mol. The van der Waals surface area contributed by atoms with Gasteiger partial charge < -0.3 is 14.8 Å². The van der Waals surface area contributed by atoms with Gasteiger partial charge in [0, 0.05) is 22.4 Å². The summed E-state index contributed by atoms with van der Waals surface area (Å²) in [4.78, 5) is 0. The summed E-state index contributed by atoms with van der Waals surface area (Å²) < 4.78 is 4.95. The van der Waals surface area contributed by atoms with Crippen molar-refractivity contribution in [1.29, 1.82) is 0 Å². The Morgan fingerprint density at radius 2 is 1.50 bits per heavy atom. The molecule has 1 aromatic rings. The second kappa shape index (κ2) is 5.59. The first-order valence-electron chi connectivity index (χ1n) is 2.81. The maximum absolute atomic E-state index is 8.09. The SMILES string of the molecule is ON=Cc1ccc(C=NO)o1.[Ag]. The molecule has 0 saturated heterocycles. The molecule has 0 bridgehead atoms. The topological polar surface area (TPSA) is 78.3 Å². The second-order valence-corrected chi connectivity index (χ2v) is 1.73. The normalized spacial score (nSPS) is 10.7. The minimum Gasteiger partial charge on any atom is -0.454 e. The number of hydrogen-bond acceptors (Lipinski definition) is 5. The first-order chi connectivity index (χ1) is 5.36. The molecule has 12 heavy (non-hydrogen) atoms. The van der Waals surface area contributed by atoms with Crippen molar-refractivity contribution in [2.75, 3.05) is 0 Å². The molecule has 0 atom stereocenters. The molecule has 1 heterocycles. The third kappa shape index (κ3) is 2.91. The molecule has 1 aromatic heterocycles. The Hall–Kier alpha value is -1.04. The van der Waals surface area contributed by atoms with E-state index in [1.165, 1.54) is 0 Å². The summed E-state index contributed by atoms with van der Waals surface area (Å²) in [6, 6.07) is 3.16. The predicted octanol–water partition coefficient (Wildman–Crippen LogP) is 0.893. The largest absolute Gasteiger partial charge is 0.454 e. The van der Waals surface area contributed by atoms with Crippen molar-refractivity contribution in [3.63, 3.8) is 0 Å². The summed E-state index contributed by atoms with van der Waals surface area (Å²) in [5.74, 6) is 0.782. The summed E-state index contributed by atoms with van der Waals surface area (Å²) in [7, 11) is 0. The Morgan fingerprint density at radius 1 is 1.08 bits per heavy atom. The zero-order valence-corrected chi connectivity index (χ0v) is 7.29. The average Bonchev–Trinajstić information content (AvgIpc) is 2.38. The molecule has 6 heteroatoms. The van der Waals surface area contributed by atoms with Gasteiger partial charge in [-0.05, 0) is 12.1 Å². The van der Waals surface area contributed by atoms with Crippen molar-refractivity contribution in [3.05, 3.63) is 23.7 Å². The van der Waals surface area contributed by atoms with Gasteiger partial charge in [0.05, 0.1) is 0 Å². The van der Waals surface area contributed by atoms with Gasteiger partial charge in [0.25, 0.3) is 0 Å². The summed E-state index contributed by atoms with van der Waals surface area (Å²) >= 11 is 0. The van der Waals surface area contributed by atoms with Crippen LogP contribution < -0.4 is 0 Å². The van der Waals surface area contributed by atoms with Gasteiger partial charge in [-0.1, -0.05) is 10.3 Å². The average molecular weight is 262 g/mol. The van der Waals surface area contributed by atoms with E-state index in [0.29, 0.717) is 11.5 Å². The fraction of sp³-hybridized carbons (Fsp3) is 0. The molecule has 1 rings (SSSR count). The van der Waals surface area contributed by atoms with E-state index in [9.17, 15) is 0 Å². The van der Waals surface area contributed by atoms with Gasteiger partial charge in [-0.2, -0.15) is 0 Å². The molecular weight excluding hydrogens is 256 g/mol. The first kappa shape index (κ1) is 11.0. The van der Waals surface area contributed by atoms with Crippen molar-refractivity contribution in [3.8, 4) is 0 Å². The van der Waals surface area contributed by atoms with Gasteiger partial charge >= 0.3 is 0 Å². The Kier molecular flexibility index (Phi) is 5.11. The van der Waals surface area contributed by atoms with Crippen molar-refractivity contribution >= 4 is 12.4 Å². The molecule has 0 saturated carbocycles. The van der Waals surface area contributed by atoms with E-state index in [4.69, 9.17) is 14.8 Å². The summed E-state index contributed by atoms with van der Waals surface area (Å²) in [6.45, 7) is 0. The minimum absolute atomic E-state index is 0. The van der Waals surface area contributed by atoms with Gasteiger partial charge in [-0.15, -0.1) is 0 Å². The van der Waals surface area contributed by atoms with Crippen molar-refractivity contribution in [2.45, 2.75) is 0 Å². The number of rotatable bonds is 2. The third-order valence-electron chi connectivity index (χ3n) is 1.02. The number of furan rings is 1. The van der Waals surface area contributed by atoms with E-state index in [1.54, 1.807) is 12.1 Å². The molecule has 1 radical (unpaired) electrons. The molecule has 0 amide bonds. The Balaban J connectivity index is 0.00000121. The van der Waals surface area contributed by atoms with E-state index >= 15 is 0 Å². The second-order valence-electron chi connectivity index (χ2n) is 1.73. The zero-order valence-electron chi connectivity index (χ0n) is 5.81. The molecule has 0 aliphatic rings. The summed E-state index contributed by atoms with van der Waals surface area (Å²) in [5.41, 5.74) is 0. The van der Waals surface area contributed by atoms with Crippen molar-refractivity contribution in [2.24, 2.45) is 10.3 Å². The number of oxime groups is 2. The van der Waals surface area contributed by atoms with Crippen LogP contribution in [-0.2, 0) is 22.4 Å². The molecule has 2 N–H and O–H groups in total.